The van der Waals surface area contributed by atoms with Gasteiger partial charge in [-0.3, -0.25) is 10.1 Å². The molecule has 0 saturated carbocycles. The Bertz CT molecular complexity index is 591. The zero-order chi connectivity index (χ0) is 17.4. The topological polar surface area (TPSA) is 93.7 Å². The van der Waals surface area contributed by atoms with Crippen molar-refractivity contribution in [3.8, 4) is 5.75 Å². The highest BCUT2D eigenvalue weighted by Gasteiger charge is 2.16. The van der Waals surface area contributed by atoms with Gasteiger partial charge >= 0.3 is 12.0 Å². The number of nitrogens with one attached hydrogen (secondary N) is 2. The minimum absolute atomic E-state index is 0.0573. The summed E-state index contributed by atoms with van der Waals surface area (Å²) in [5.41, 5.74) is 0.223. The second-order valence-corrected chi connectivity index (χ2v) is 5.61. The van der Waals surface area contributed by atoms with E-state index in [1.807, 2.05) is 13.8 Å². The summed E-state index contributed by atoms with van der Waals surface area (Å²) in [5.74, 6) is -0.927. The number of esters is 1. The standard InChI is InChI=1S/C15H19BrN2O5/c1-4-9(2)17-15(21)18-13(19)8-23-14(20)11-7-10(22-3)5-6-12(11)16/h5-7,9H,4,8H2,1-3H3,(H2,17,18,19,21)/t9-/m0/s1. The van der Waals surface area contributed by atoms with Crippen LogP contribution in [0.15, 0.2) is 22.7 Å². The second kappa shape index (κ2) is 9.14. The van der Waals surface area contributed by atoms with Crippen LogP contribution >= 0.6 is 15.9 Å². The largest absolute Gasteiger partial charge is 0.497 e. The average Bonchev–Trinajstić information content (AvgIpc) is 2.52. The first kappa shape index (κ1) is 19.0. The Morgan fingerprint density at radius 2 is 2.00 bits per heavy atom. The highest BCUT2D eigenvalue weighted by atomic mass is 79.9. The van der Waals surface area contributed by atoms with Gasteiger partial charge in [0.05, 0.1) is 12.7 Å². The zero-order valence-corrected chi connectivity index (χ0v) is 14.7. The minimum atomic E-state index is -0.710. The lowest BCUT2D eigenvalue weighted by molar-refractivity contribution is -0.123. The van der Waals surface area contributed by atoms with E-state index in [2.05, 4.69) is 26.6 Å². The lowest BCUT2D eigenvalue weighted by Gasteiger charge is -2.12. The molecule has 1 aromatic carbocycles. The molecule has 0 fully saturated rings. The molecule has 0 heterocycles. The number of amides is 3. The molecule has 1 rings (SSSR count). The molecule has 0 aliphatic rings. The fourth-order valence-corrected chi connectivity index (χ4v) is 1.93. The van der Waals surface area contributed by atoms with Gasteiger partial charge in [-0.25, -0.2) is 9.59 Å². The van der Waals surface area contributed by atoms with Gasteiger partial charge in [0, 0.05) is 10.5 Å². The maximum Gasteiger partial charge on any atom is 0.339 e. The molecule has 7 nitrogen and oxygen atoms in total. The van der Waals surface area contributed by atoms with E-state index in [9.17, 15) is 14.4 Å². The predicted molar refractivity (Wildman–Crippen MR) is 87.4 cm³/mol. The van der Waals surface area contributed by atoms with Crippen molar-refractivity contribution in [1.29, 1.82) is 0 Å². The van der Waals surface area contributed by atoms with Gasteiger partial charge in [0.1, 0.15) is 5.75 Å². The number of halogens is 1. The molecule has 0 aliphatic heterocycles. The summed E-state index contributed by atoms with van der Waals surface area (Å²) in [4.78, 5) is 35.0. The number of hydrogen-bond acceptors (Lipinski definition) is 5. The Morgan fingerprint density at radius 3 is 2.61 bits per heavy atom. The normalized spacial score (nSPS) is 11.3. The molecule has 0 saturated heterocycles. The number of imide groups is 1. The molecule has 1 atom stereocenters. The van der Waals surface area contributed by atoms with Crippen molar-refractivity contribution < 1.29 is 23.9 Å². The highest BCUT2D eigenvalue weighted by molar-refractivity contribution is 9.10. The third kappa shape index (κ3) is 6.27. The highest BCUT2D eigenvalue weighted by Crippen LogP contribution is 2.23. The van der Waals surface area contributed by atoms with E-state index in [4.69, 9.17) is 9.47 Å². The number of rotatable bonds is 6. The third-order valence-electron chi connectivity index (χ3n) is 2.97. The van der Waals surface area contributed by atoms with Crippen molar-refractivity contribution in [2.24, 2.45) is 0 Å². The molecule has 0 bridgehead atoms. The van der Waals surface area contributed by atoms with Gasteiger partial charge in [-0.15, -0.1) is 0 Å². The maximum absolute atomic E-state index is 12.0. The lowest BCUT2D eigenvalue weighted by atomic mass is 10.2. The molecule has 3 amide bonds. The van der Waals surface area contributed by atoms with E-state index in [-0.39, 0.29) is 11.6 Å². The zero-order valence-electron chi connectivity index (χ0n) is 13.1. The van der Waals surface area contributed by atoms with Crippen LogP contribution in [0.2, 0.25) is 0 Å². The molecule has 0 aromatic heterocycles. The Balaban J connectivity index is 2.53. The number of ether oxygens (including phenoxy) is 2. The molecule has 0 spiro atoms. The van der Waals surface area contributed by atoms with Crippen molar-refractivity contribution in [1.82, 2.24) is 10.6 Å². The quantitative estimate of drug-likeness (QED) is 0.731. The van der Waals surface area contributed by atoms with Crippen LogP contribution in [0.4, 0.5) is 4.79 Å². The van der Waals surface area contributed by atoms with E-state index < -0.39 is 24.5 Å². The molecule has 8 heteroatoms. The molecule has 1 aromatic rings. The van der Waals surface area contributed by atoms with Crippen molar-refractivity contribution >= 4 is 33.8 Å². The van der Waals surface area contributed by atoms with Gasteiger partial charge in [-0.05, 0) is 47.5 Å². The number of carbonyl (C=O) groups excluding carboxylic acids is 3. The van der Waals surface area contributed by atoms with Crippen molar-refractivity contribution in [3.63, 3.8) is 0 Å². The lowest BCUT2D eigenvalue weighted by Crippen LogP contribution is -2.44. The molecular weight excluding hydrogens is 368 g/mol. The number of hydrogen-bond donors (Lipinski definition) is 2. The van der Waals surface area contributed by atoms with E-state index in [0.29, 0.717) is 10.2 Å². The summed E-state index contributed by atoms with van der Waals surface area (Å²) in [6, 6.07) is 4.11. The smallest absolute Gasteiger partial charge is 0.339 e. The SMILES string of the molecule is CC[C@H](C)NC(=O)NC(=O)COC(=O)c1cc(OC)ccc1Br. The van der Waals surface area contributed by atoms with Gasteiger partial charge in [0.25, 0.3) is 5.91 Å². The van der Waals surface area contributed by atoms with Crippen LogP contribution in [-0.2, 0) is 9.53 Å². The van der Waals surface area contributed by atoms with E-state index in [1.54, 1.807) is 12.1 Å². The number of urea groups is 1. The van der Waals surface area contributed by atoms with Crippen LogP contribution in [-0.4, -0.2) is 37.7 Å². The first-order valence-electron chi connectivity index (χ1n) is 6.98. The van der Waals surface area contributed by atoms with E-state index >= 15 is 0 Å². The molecule has 23 heavy (non-hydrogen) atoms. The van der Waals surface area contributed by atoms with Crippen molar-refractivity contribution in [2.45, 2.75) is 26.3 Å². The van der Waals surface area contributed by atoms with Crippen LogP contribution in [0.25, 0.3) is 0 Å². The number of carbonyl (C=O) groups is 3. The third-order valence-corrected chi connectivity index (χ3v) is 3.66. The minimum Gasteiger partial charge on any atom is -0.497 e. The average molecular weight is 387 g/mol. The predicted octanol–water partition coefficient (Wildman–Crippen LogP) is 2.24. The van der Waals surface area contributed by atoms with Gasteiger partial charge in [0.2, 0.25) is 0 Å². The van der Waals surface area contributed by atoms with Crippen LogP contribution in [0, 0.1) is 0 Å². The monoisotopic (exact) mass is 386 g/mol. The summed E-state index contributed by atoms with van der Waals surface area (Å²) in [7, 11) is 1.47. The first-order valence-corrected chi connectivity index (χ1v) is 7.77. The number of methoxy groups -OCH3 is 1. The Kier molecular flexibility index (Phi) is 7.53. The van der Waals surface area contributed by atoms with Crippen molar-refractivity contribution in [3.05, 3.63) is 28.2 Å². The van der Waals surface area contributed by atoms with Crippen LogP contribution in [0.1, 0.15) is 30.6 Å². The second-order valence-electron chi connectivity index (χ2n) is 4.75. The van der Waals surface area contributed by atoms with Crippen LogP contribution in [0.5, 0.6) is 5.75 Å². The fourth-order valence-electron chi connectivity index (χ4n) is 1.52. The van der Waals surface area contributed by atoms with Gasteiger partial charge < -0.3 is 14.8 Å². The van der Waals surface area contributed by atoms with Gasteiger partial charge in [-0.1, -0.05) is 6.92 Å². The Morgan fingerprint density at radius 1 is 1.30 bits per heavy atom. The summed E-state index contributed by atoms with van der Waals surface area (Å²) < 4.78 is 10.4. The fraction of sp³-hybridized carbons (Fsp3) is 0.400. The Hall–Kier alpha value is -2.09. The van der Waals surface area contributed by atoms with Crippen LogP contribution < -0.4 is 15.4 Å². The molecular formula is C15H19BrN2O5. The van der Waals surface area contributed by atoms with Gasteiger partial charge in [-0.2, -0.15) is 0 Å². The van der Waals surface area contributed by atoms with E-state index in [1.165, 1.54) is 13.2 Å². The molecule has 0 radical (unpaired) electrons. The summed E-state index contributed by atoms with van der Waals surface area (Å²) in [6.07, 6.45) is 0.737. The summed E-state index contributed by atoms with van der Waals surface area (Å²) in [5, 5.41) is 4.66. The first-order chi connectivity index (χ1) is 10.9. The van der Waals surface area contributed by atoms with Crippen molar-refractivity contribution in [2.75, 3.05) is 13.7 Å². The van der Waals surface area contributed by atoms with Crippen LogP contribution in [0.3, 0.4) is 0 Å². The molecule has 126 valence electrons. The number of benzene rings is 1. The Labute approximate surface area is 142 Å². The molecule has 0 unspecified atom stereocenters. The van der Waals surface area contributed by atoms with Gasteiger partial charge in [0.15, 0.2) is 6.61 Å². The van der Waals surface area contributed by atoms with E-state index in [0.717, 1.165) is 6.42 Å². The summed E-state index contributed by atoms with van der Waals surface area (Å²) in [6.45, 7) is 3.15. The molecule has 0 aliphatic carbocycles. The summed E-state index contributed by atoms with van der Waals surface area (Å²) >= 11 is 3.22. The molecule has 2 N–H and O–H groups in total. The maximum atomic E-state index is 12.0.